The zero-order chi connectivity index (χ0) is 13.4. The van der Waals surface area contributed by atoms with Crippen LogP contribution in [0.25, 0.3) is 0 Å². The lowest BCUT2D eigenvalue weighted by molar-refractivity contribution is 0.175. The topological polar surface area (TPSA) is 29.3 Å². The number of benzene rings is 1. The Kier molecular flexibility index (Phi) is 3.79. The second-order valence-electron chi connectivity index (χ2n) is 5.78. The average Bonchev–Trinajstić information content (AvgIpc) is 3.13. The fraction of sp³-hybridized carbons (Fsp3) is 0.600. The Hall–Kier alpha value is -0.640. The third-order valence-corrected chi connectivity index (χ3v) is 4.43. The second-order valence-corrected chi connectivity index (χ2v) is 6.21. The van der Waals surface area contributed by atoms with Gasteiger partial charge < -0.3 is 5.73 Å². The summed E-state index contributed by atoms with van der Waals surface area (Å²) < 4.78 is 13.6. The Morgan fingerprint density at radius 3 is 2.63 bits per heavy atom. The van der Waals surface area contributed by atoms with E-state index >= 15 is 0 Å². The Bertz CT molecular complexity index is 441. The Balaban J connectivity index is 1.96. The molecule has 2 fully saturated rings. The average molecular weight is 283 g/mol. The van der Waals surface area contributed by atoms with Crippen LogP contribution in [-0.4, -0.2) is 23.5 Å². The molecule has 1 aliphatic carbocycles. The monoisotopic (exact) mass is 282 g/mol. The maximum Gasteiger partial charge on any atom is 0.125 e. The molecular formula is C15H20ClFN2. The van der Waals surface area contributed by atoms with E-state index in [1.54, 1.807) is 6.07 Å². The number of hydrogen-bond acceptors (Lipinski definition) is 2. The Labute approximate surface area is 118 Å². The first-order valence-electron chi connectivity index (χ1n) is 7.12. The summed E-state index contributed by atoms with van der Waals surface area (Å²) in [6.07, 6.45) is 5.83. The van der Waals surface area contributed by atoms with Crippen LogP contribution >= 0.6 is 11.6 Å². The largest absolute Gasteiger partial charge is 0.326 e. The van der Waals surface area contributed by atoms with Gasteiger partial charge in [-0.05, 0) is 56.0 Å². The third-order valence-electron chi connectivity index (χ3n) is 4.21. The number of nitrogens with zero attached hydrogens (tertiary/aromatic N) is 1. The van der Waals surface area contributed by atoms with E-state index in [4.69, 9.17) is 17.3 Å². The zero-order valence-electron chi connectivity index (χ0n) is 11.0. The van der Waals surface area contributed by atoms with E-state index in [2.05, 4.69) is 4.90 Å². The Morgan fingerprint density at radius 2 is 1.95 bits per heavy atom. The summed E-state index contributed by atoms with van der Waals surface area (Å²) in [5.41, 5.74) is 7.30. The summed E-state index contributed by atoms with van der Waals surface area (Å²) in [6.45, 7) is 1.07. The van der Waals surface area contributed by atoms with Crippen molar-refractivity contribution >= 4 is 11.6 Å². The van der Waals surface area contributed by atoms with Gasteiger partial charge in [0.2, 0.25) is 0 Å². The van der Waals surface area contributed by atoms with E-state index in [9.17, 15) is 4.39 Å². The number of halogens is 2. The van der Waals surface area contributed by atoms with E-state index in [-0.39, 0.29) is 17.9 Å². The summed E-state index contributed by atoms with van der Waals surface area (Å²) in [4.78, 5) is 2.47. The fourth-order valence-corrected chi connectivity index (χ4v) is 3.45. The molecular weight excluding hydrogens is 263 g/mol. The summed E-state index contributed by atoms with van der Waals surface area (Å²) in [6, 6.07) is 5.64. The number of hydrogen-bond donors (Lipinski definition) is 1. The normalized spacial score (nSPS) is 29.2. The van der Waals surface area contributed by atoms with Gasteiger partial charge in [0.05, 0.1) is 6.04 Å². The molecule has 0 radical (unpaired) electrons. The molecule has 2 aliphatic rings. The number of rotatable bonds is 2. The first-order chi connectivity index (χ1) is 9.15. The lowest BCUT2D eigenvalue weighted by atomic mass is 9.96. The van der Waals surface area contributed by atoms with Crippen LogP contribution in [0.15, 0.2) is 18.2 Å². The molecule has 1 saturated heterocycles. The molecule has 0 aromatic heterocycles. The van der Waals surface area contributed by atoms with Crippen molar-refractivity contribution in [2.75, 3.05) is 6.54 Å². The third kappa shape index (κ3) is 2.93. The van der Waals surface area contributed by atoms with Crippen LogP contribution in [-0.2, 0) is 0 Å². The van der Waals surface area contributed by atoms with Crippen LogP contribution in [0.2, 0.25) is 5.02 Å². The molecule has 1 aliphatic heterocycles. The van der Waals surface area contributed by atoms with Gasteiger partial charge in [-0.15, -0.1) is 0 Å². The van der Waals surface area contributed by atoms with Crippen LogP contribution in [0.1, 0.15) is 43.7 Å². The molecule has 3 rings (SSSR count). The van der Waals surface area contributed by atoms with Crippen molar-refractivity contribution in [2.45, 2.75) is 50.2 Å². The Morgan fingerprint density at radius 1 is 1.16 bits per heavy atom. The van der Waals surface area contributed by atoms with E-state index in [0.717, 1.165) is 24.9 Å². The number of likely N-dealkylation sites (tertiary alicyclic amines) is 1. The van der Waals surface area contributed by atoms with E-state index < -0.39 is 0 Å². The second kappa shape index (κ2) is 5.39. The van der Waals surface area contributed by atoms with Crippen molar-refractivity contribution in [1.29, 1.82) is 0 Å². The predicted molar refractivity (Wildman–Crippen MR) is 75.7 cm³/mol. The van der Waals surface area contributed by atoms with Gasteiger partial charge in [0.25, 0.3) is 0 Å². The zero-order valence-corrected chi connectivity index (χ0v) is 11.7. The highest BCUT2D eigenvalue weighted by molar-refractivity contribution is 6.30. The molecule has 1 aromatic carbocycles. The minimum atomic E-state index is -0.269. The first-order valence-corrected chi connectivity index (χ1v) is 7.50. The van der Waals surface area contributed by atoms with Crippen molar-refractivity contribution in [2.24, 2.45) is 5.73 Å². The molecule has 4 heteroatoms. The van der Waals surface area contributed by atoms with Gasteiger partial charge in [0.15, 0.2) is 0 Å². The molecule has 1 aromatic rings. The molecule has 0 amide bonds. The highest BCUT2D eigenvalue weighted by Gasteiger charge is 2.38. The highest BCUT2D eigenvalue weighted by Crippen LogP contribution is 2.39. The molecule has 19 heavy (non-hydrogen) atoms. The van der Waals surface area contributed by atoms with Crippen molar-refractivity contribution in [3.63, 3.8) is 0 Å². The maximum atomic E-state index is 13.6. The lowest BCUT2D eigenvalue weighted by Crippen LogP contribution is -2.41. The van der Waals surface area contributed by atoms with Crippen molar-refractivity contribution in [3.05, 3.63) is 34.6 Å². The first kappa shape index (κ1) is 13.3. The van der Waals surface area contributed by atoms with Gasteiger partial charge in [-0.2, -0.15) is 0 Å². The van der Waals surface area contributed by atoms with Crippen LogP contribution in [0.4, 0.5) is 4.39 Å². The van der Waals surface area contributed by atoms with Crippen molar-refractivity contribution in [1.82, 2.24) is 4.90 Å². The van der Waals surface area contributed by atoms with Gasteiger partial charge in [-0.1, -0.05) is 18.0 Å². The van der Waals surface area contributed by atoms with Crippen molar-refractivity contribution in [3.8, 4) is 0 Å². The standard InChI is InChI=1S/C15H20ClFN2/c16-11-7-10(8-12(17)9-11)15-14(18)3-1-2-6-19(15)13-4-5-13/h7-9,13-15H,1-6,18H2. The van der Waals surface area contributed by atoms with Crippen LogP contribution in [0, 0.1) is 5.82 Å². The van der Waals surface area contributed by atoms with Gasteiger partial charge in [-0.25, -0.2) is 4.39 Å². The van der Waals surface area contributed by atoms with Crippen molar-refractivity contribution < 1.29 is 4.39 Å². The summed E-state index contributed by atoms with van der Waals surface area (Å²) in [5.74, 6) is -0.269. The smallest absolute Gasteiger partial charge is 0.125 e. The quantitative estimate of drug-likeness (QED) is 0.900. The van der Waals surface area contributed by atoms with E-state index in [1.165, 1.54) is 25.3 Å². The fourth-order valence-electron chi connectivity index (χ4n) is 3.22. The highest BCUT2D eigenvalue weighted by atomic mass is 35.5. The molecule has 0 spiro atoms. The predicted octanol–water partition coefficient (Wildman–Crippen LogP) is 3.50. The van der Waals surface area contributed by atoms with Gasteiger partial charge in [0.1, 0.15) is 5.82 Å². The SMILES string of the molecule is NC1CCCCN(C2CC2)C1c1cc(F)cc(Cl)c1. The molecule has 2 unspecified atom stereocenters. The number of nitrogens with two attached hydrogens (primary N) is 1. The molecule has 2 N–H and O–H groups in total. The lowest BCUT2D eigenvalue weighted by Gasteiger charge is -2.34. The summed E-state index contributed by atoms with van der Waals surface area (Å²) in [5, 5.41) is 0.460. The molecule has 104 valence electrons. The minimum Gasteiger partial charge on any atom is -0.326 e. The molecule has 1 saturated carbocycles. The molecule has 2 nitrogen and oxygen atoms in total. The van der Waals surface area contributed by atoms with Crippen LogP contribution in [0.3, 0.4) is 0 Å². The maximum absolute atomic E-state index is 13.6. The van der Waals surface area contributed by atoms with Crippen LogP contribution < -0.4 is 5.73 Å². The van der Waals surface area contributed by atoms with Crippen LogP contribution in [0.5, 0.6) is 0 Å². The summed E-state index contributed by atoms with van der Waals surface area (Å²) >= 11 is 6.00. The van der Waals surface area contributed by atoms with Gasteiger partial charge in [0, 0.05) is 17.1 Å². The van der Waals surface area contributed by atoms with Gasteiger partial charge >= 0.3 is 0 Å². The van der Waals surface area contributed by atoms with Gasteiger partial charge in [-0.3, -0.25) is 4.90 Å². The minimum absolute atomic E-state index is 0.0703. The molecule has 1 heterocycles. The molecule has 0 bridgehead atoms. The van der Waals surface area contributed by atoms with E-state index in [1.807, 2.05) is 6.07 Å². The van der Waals surface area contributed by atoms with E-state index in [0.29, 0.717) is 11.1 Å². The molecule has 2 atom stereocenters. The summed E-state index contributed by atoms with van der Waals surface area (Å²) in [7, 11) is 0.